The number of halogens is 3. The number of phenolic OH excluding ortho intramolecular Hbond substituents is 1. The molecule has 1 amide bonds. The van der Waals surface area contributed by atoms with Crippen molar-refractivity contribution in [3.63, 3.8) is 0 Å². The molecule has 7 nitrogen and oxygen atoms in total. The lowest BCUT2D eigenvalue weighted by Gasteiger charge is -2.33. The number of carbonyl (C=O) groups excluding carboxylic acids is 1. The maximum atomic E-state index is 14.7. The number of ether oxygens (including phenoxy) is 1. The molecule has 5 rings (SSSR count). The number of nitrogens with one attached hydrogen (secondary N) is 1. The second-order valence-electron chi connectivity index (χ2n) is 9.09. The summed E-state index contributed by atoms with van der Waals surface area (Å²) >= 11 is 0. The van der Waals surface area contributed by atoms with Gasteiger partial charge < -0.3 is 20.1 Å². The normalized spacial score (nSPS) is 17.1. The Morgan fingerprint density at radius 1 is 1.22 bits per heavy atom. The average molecular weight is 499 g/mol. The summed E-state index contributed by atoms with van der Waals surface area (Å²) in [4.78, 5) is 14.3. The largest absolute Gasteiger partial charge is 0.508 e. The Hall–Kier alpha value is -3.66. The summed E-state index contributed by atoms with van der Waals surface area (Å²) in [5, 5.41) is 21.9. The van der Waals surface area contributed by atoms with Crippen molar-refractivity contribution in [2.45, 2.75) is 25.8 Å². The van der Waals surface area contributed by atoms with Crippen LogP contribution in [0.3, 0.4) is 0 Å². The summed E-state index contributed by atoms with van der Waals surface area (Å²) in [5.74, 6) is -1.41. The molecule has 0 aliphatic carbocycles. The lowest BCUT2D eigenvalue weighted by molar-refractivity contribution is -0.149. The van der Waals surface area contributed by atoms with Gasteiger partial charge in [0.25, 0.3) is 6.43 Å². The van der Waals surface area contributed by atoms with E-state index in [4.69, 9.17) is 4.74 Å². The van der Waals surface area contributed by atoms with Crippen molar-refractivity contribution in [1.29, 1.82) is 0 Å². The molecule has 1 fully saturated rings. The fourth-order valence-corrected chi connectivity index (χ4v) is 4.58. The number of alkyl halides is 2. The van der Waals surface area contributed by atoms with E-state index < -0.39 is 29.6 Å². The third-order valence-corrected chi connectivity index (χ3v) is 6.71. The summed E-state index contributed by atoms with van der Waals surface area (Å²) in [6.45, 7) is 3.75. The highest BCUT2D eigenvalue weighted by atomic mass is 19.3. The number of fused-ring (bicyclic) bond motifs is 1. The molecule has 188 valence electrons. The molecule has 10 heteroatoms. The van der Waals surface area contributed by atoms with Crippen LogP contribution in [0.15, 0.2) is 42.6 Å². The minimum Gasteiger partial charge on any atom is -0.508 e. The van der Waals surface area contributed by atoms with Gasteiger partial charge in [-0.2, -0.15) is 10.2 Å². The number of nitrogens with zero attached hydrogens (tertiary/aromatic N) is 3. The number of hydrogen-bond acceptors (Lipinski definition) is 6. The van der Waals surface area contributed by atoms with Crippen LogP contribution < -0.4 is 5.32 Å². The van der Waals surface area contributed by atoms with Crippen molar-refractivity contribution >= 4 is 28.1 Å². The molecule has 36 heavy (non-hydrogen) atoms. The number of hydrogen-bond donors (Lipinski definition) is 2. The molecule has 0 spiro atoms. The van der Waals surface area contributed by atoms with Gasteiger partial charge in [0.05, 0.1) is 48.1 Å². The van der Waals surface area contributed by atoms with Crippen molar-refractivity contribution in [1.82, 2.24) is 15.1 Å². The van der Waals surface area contributed by atoms with Gasteiger partial charge in [-0.3, -0.25) is 4.79 Å². The van der Waals surface area contributed by atoms with Gasteiger partial charge in [-0.15, -0.1) is 0 Å². The maximum Gasteiger partial charge on any atom is 0.266 e. The molecule has 3 heterocycles. The number of aromatic hydroxyl groups is 1. The summed E-state index contributed by atoms with van der Waals surface area (Å²) in [6, 6.07) is 6.86. The molecule has 1 atom stereocenters. The Bertz CT molecular complexity index is 1340. The first-order valence-electron chi connectivity index (χ1n) is 11.7. The monoisotopic (exact) mass is 498 g/mol. The topological polar surface area (TPSA) is 87.6 Å². The Kier molecular flexibility index (Phi) is 6.53. The summed E-state index contributed by atoms with van der Waals surface area (Å²) in [7, 11) is 0. The van der Waals surface area contributed by atoms with Gasteiger partial charge >= 0.3 is 0 Å². The van der Waals surface area contributed by atoms with Crippen molar-refractivity contribution < 1.29 is 27.8 Å². The van der Waals surface area contributed by atoms with E-state index in [1.165, 1.54) is 6.20 Å². The molecule has 3 aromatic rings. The molecular weight excluding hydrogens is 473 g/mol. The third-order valence-electron chi connectivity index (χ3n) is 6.71. The summed E-state index contributed by atoms with van der Waals surface area (Å²) in [5.41, 5.74) is 2.30. The van der Waals surface area contributed by atoms with Crippen molar-refractivity contribution in [2.24, 2.45) is 5.92 Å². The Labute approximate surface area is 205 Å². The fourth-order valence-electron chi connectivity index (χ4n) is 4.58. The Balaban J connectivity index is 1.40. The van der Waals surface area contributed by atoms with Crippen LogP contribution in [0.2, 0.25) is 0 Å². The van der Waals surface area contributed by atoms with E-state index in [1.807, 2.05) is 29.2 Å². The second kappa shape index (κ2) is 9.77. The lowest BCUT2D eigenvalue weighted by atomic mass is 9.96. The molecule has 1 saturated heterocycles. The van der Waals surface area contributed by atoms with Gasteiger partial charge in [0.15, 0.2) is 0 Å². The molecule has 1 aromatic heterocycles. The quantitative estimate of drug-likeness (QED) is 0.506. The fraction of sp³-hybridized carbons (Fsp3) is 0.346. The number of benzene rings is 2. The number of amides is 1. The van der Waals surface area contributed by atoms with Gasteiger partial charge in [0.1, 0.15) is 11.6 Å². The highest BCUT2D eigenvalue weighted by Gasteiger charge is 2.31. The van der Waals surface area contributed by atoms with Crippen LogP contribution in [0.5, 0.6) is 5.75 Å². The van der Waals surface area contributed by atoms with E-state index >= 15 is 0 Å². The number of carbonyl (C=O) groups is 1. The number of aromatic nitrogens is 2. The molecule has 2 N–H and O–H groups in total. The highest BCUT2D eigenvalue weighted by molar-refractivity contribution is 5.93. The summed E-state index contributed by atoms with van der Waals surface area (Å²) in [6.07, 6.45) is 1.19. The van der Waals surface area contributed by atoms with E-state index in [0.717, 1.165) is 28.7 Å². The van der Waals surface area contributed by atoms with Gasteiger partial charge in [0.2, 0.25) is 5.91 Å². The lowest BCUT2D eigenvalue weighted by Crippen LogP contribution is -2.46. The van der Waals surface area contributed by atoms with E-state index in [2.05, 4.69) is 15.5 Å². The predicted molar refractivity (Wildman–Crippen MR) is 128 cm³/mol. The van der Waals surface area contributed by atoms with E-state index in [-0.39, 0.29) is 17.4 Å². The second-order valence-corrected chi connectivity index (χ2v) is 9.09. The van der Waals surface area contributed by atoms with Crippen molar-refractivity contribution in [3.8, 4) is 5.75 Å². The molecule has 2 aliphatic heterocycles. The van der Waals surface area contributed by atoms with Crippen LogP contribution in [-0.4, -0.2) is 52.4 Å². The highest BCUT2D eigenvalue weighted by Crippen LogP contribution is 2.34. The smallest absolute Gasteiger partial charge is 0.266 e. The first-order chi connectivity index (χ1) is 17.3. The zero-order valence-corrected chi connectivity index (χ0v) is 19.5. The Morgan fingerprint density at radius 3 is 2.67 bits per heavy atom. The number of rotatable bonds is 6. The van der Waals surface area contributed by atoms with Crippen molar-refractivity contribution in [2.75, 3.05) is 31.6 Å². The van der Waals surface area contributed by atoms with Crippen LogP contribution in [0.4, 0.5) is 18.9 Å². The van der Waals surface area contributed by atoms with Gasteiger partial charge in [0, 0.05) is 24.0 Å². The minimum absolute atomic E-state index is 0.0389. The molecule has 0 saturated carbocycles. The molecule has 2 aliphatic rings. The van der Waals surface area contributed by atoms with Gasteiger partial charge in [-0.1, -0.05) is 12.1 Å². The molecule has 0 bridgehead atoms. The molecule has 0 radical (unpaired) electrons. The minimum atomic E-state index is -3.05. The first kappa shape index (κ1) is 24.1. The number of anilines is 1. The molecule has 2 aromatic carbocycles. The first-order valence-corrected chi connectivity index (χ1v) is 11.7. The maximum absolute atomic E-state index is 14.7. The van der Waals surface area contributed by atoms with E-state index in [0.29, 0.717) is 43.9 Å². The number of phenols is 1. The van der Waals surface area contributed by atoms with Crippen LogP contribution in [0.25, 0.3) is 16.5 Å². The molecular formula is C26H25F3N4O3. The van der Waals surface area contributed by atoms with Crippen molar-refractivity contribution in [3.05, 3.63) is 65.1 Å². The van der Waals surface area contributed by atoms with Crippen LogP contribution >= 0.6 is 0 Å². The Morgan fingerprint density at radius 2 is 2.00 bits per heavy atom. The average Bonchev–Trinajstić information content (AvgIpc) is 2.84. The van der Waals surface area contributed by atoms with Gasteiger partial charge in [-0.25, -0.2) is 13.2 Å². The SMILES string of the molecule is C[C@@H](Nc1cnnc2ccc(C3=CCN(C(=O)C4COC4)CC3)cc12)c1cc(O)cc(C(F)F)c1F. The van der Waals surface area contributed by atoms with Gasteiger partial charge in [-0.05, 0) is 48.7 Å². The standard InChI is InChI=1S/C26H25F3N4O3/c1-14(19-9-18(34)10-21(24(19)27)25(28)29)31-23-11-30-32-22-3-2-16(8-20(22)23)15-4-6-33(7-5-15)26(35)17-12-36-13-17/h2-4,8-11,14,17,25,34H,5-7,12-13H2,1H3,(H,31,32)/t14-/m1/s1. The summed E-state index contributed by atoms with van der Waals surface area (Å²) < 4.78 is 46.3. The van der Waals surface area contributed by atoms with E-state index in [9.17, 15) is 23.1 Å². The zero-order valence-electron chi connectivity index (χ0n) is 19.5. The van der Waals surface area contributed by atoms with Crippen LogP contribution in [0, 0.1) is 11.7 Å². The van der Waals surface area contributed by atoms with Crippen LogP contribution in [-0.2, 0) is 9.53 Å². The molecule has 0 unspecified atom stereocenters. The third kappa shape index (κ3) is 4.60. The van der Waals surface area contributed by atoms with E-state index in [1.54, 1.807) is 6.92 Å². The predicted octanol–water partition coefficient (Wildman–Crippen LogP) is 4.85. The van der Waals surface area contributed by atoms with Crippen LogP contribution in [0.1, 0.15) is 42.5 Å². The zero-order chi connectivity index (χ0) is 25.4.